The number of anilines is 1. The SMILES string of the molecule is CO[C@H]1CCN(C(=O)c2ccc(COc3ccc(C)cc3-c3csc(N4CC5CC[C@@H](C5)C4)n3)c(C)c2)C1. The van der Waals surface area contributed by atoms with E-state index in [1.54, 1.807) is 18.4 Å². The van der Waals surface area contributed by atoms with E-state index in [1.165, 1.54) is 24.8 Å². The van der Waals surface area contributed by atoms with E-state index in [1.807, 2.05) is 30.0 Å². The van der Waals surface area contributed by atoms with E-state index in [2.05, 4.69) is 35.4 Å². The second-order valence-electron chi connectivity index (χ2n) is 11.3. The predicted molar refractivity (Wildman–Crippen MR) is 152 cm³/mol. The van der Waals surface area contributed by atoms with Crippen LogP contribution in [-0.4, -0.2) is 55.2 Å². The van der Waals surface area contributed by atoms with Gasteiger partial charge in [0.25, 0.3) is 5.91 Å². The van der Waals surface area contributed by atoms with E-state index >= 15 is 0 Å². The van der Waals surface area contributed by atoms with Crippen LogP contribution in [-0.2, 0) is 11.3 Å². The maximum Gasteiger partial charge on any atom is 0.253 e. The maximum atomic E-state index is 13.0. The van der Waals surface area contributed by atoms with Crippen LogP contribution in [0.1, 0.15) is 52.7 Å². The Morgan fingerprint density at radius 1 is 1.05 bits per heavy atom. The van der Waals surface area contributed by atoms with Gasteiger partial charge in [0.2, 0.25) is 0 Å². The van der Waals surface area contributed by atoms with Crippen LogP contribution in [0.2, 0.25) is 0 Å². The lowest BCUT2D eigenvalue weighted by molar-refractivity contribution is 0.0724. The molecule has 2 bridgehead atoms. The summed E-state index contributed by atoms with van der Waals surface area (Å²) in [6.45, 7) is 8.29. The predicted octanol–water partition coefficient (Wildman–Crippen LogP) is 6.10. The van der Waals surface area contributed by atoms with Gasteiger partial charge in [-0.2, -0.15) is 0 Å². The van der Waals surface area contributed by atoms with Crippen molar-refractivity contribution in [2.75, 3.05) is 38.2 Å². The molecule has 3 fully saturated rings. The minimum absolute atomic E-state index is 0.0713. The molecule has 38 heavy (non-hydrogen) atoms. The van der Waals surface area contributed by atoms with Gasteiger partial charge in [0, 0.05) is 49.8 Å². The van der Waals surface area contributed by atoms with Crippen molar-refractivity contribution in [3.63, 3.8) is 0 Å². The largest absolute Gasteiger partial charge is 0.488 e. The molecule has 2 aliphatic heterocycles. The average Bonchev–Trinajstić information content (AvgIpc) is 3.68. The topological polar surface area (TPSA) is 54.9 Å². The summed E-state index contributed by atoms with van der Waals surface area (Å²) in [5, 5.41) is 3.31. The van der Waals surface area contributed by atoms with Crippen molar-refractivity contribution < 1.29 is 14.3 Å². The molecule has 0 spiro atoms. The number of ether oxygens (including phenoxy) is 2. The molecule has 0 N–H and O–H groups in total. The standard InChI is InChI=1S/C31H37N3O3S/c1-20-4-9-29(27(12-20)28-19-38-31(32-28)34-15-22-5-6-23(14-22)16-34)37-18-25-8-7-24(13-21(25)2)30(35)33-11-10-26(17-33)36-3/h4,7-9,12-13,19,22-23,26H,5-6,10-11,14-18H2,1-3H3/t22-,23?,26-/m0/s1. The van der Waals surface area contributed by atoms with Gasteiger partial charge in [-0.1, -0.05) is 17.7 Å². The van der Waals surface area contributed by atoms with Gasteiger partial charge in [-0.25, -0.2) is 4.98 Å². The zero-order valence-corrected chi connectivity index (χ0v) is 23.4. The molecule has 6 nitrogen and oxygen atoms in total. The van der Waals surface area contributed by atoms with Crippen LogP contribution < -0.4 is 9.64 Å². The number of piperidine rings is 1. The molecule has 2 saturated heterocycles. The number of aryl methyl sites for hydroxylation is 2. The van der Waals surface area contributed by atoms with Crippen LogP contribution in [0.3, 0.4) is 0 Å². The number of rotatable bonds is 7. The summed E-state index contributed by atoms with van der Waals surface area (Å²) in [4.78, 5) is 22.4. The first kappa shape index (κ1) is 25.4. The van der Waals surface area contributed by atoms with Gasteiger partial charge >= 0.3 is 0 Å². The highest BCUT2D eigenvalue weighted by Gasteiger charge is 2.34. The number of thiazole rings is 1. The van der Waals surface area contributed by atoms with Crippen LogP contribution in [0.25, 0.3) is 11.3 Å². The average molecular weight is 532 g/mol. The van der Waals surface area contributed by atoms with E-state index in [-0.39, 0.29) is 12.0 Å². The lowest BCUT2D eigenvalue weighted by Gasteiger charge is -2.31. The summed E-state index contributed by atoms with van der Waals surface area (Å²) in [5.74, 6) is 2.58. The van der Waals surface area contributed by atoms with Crippen molar-refractivity contribution in [3.8, 4) is 17.0 Å². The summed E-state index contributed by atoms with van der Waals surface area (Å²) >= 11 is 1.75. The van der Waals surface area contributed by atoms with Gasteiger partial charge in [-0.05, 0) is 86.8 Å². The van der Waals surface area contributed by atoms with Crippen molar-refractivity contribution in [3.05, 3.63) is 64.0 Å². The fourth-order valence-corrected chi connectivity index (χ4v) is 7.15. The molecule has 2 aromatic carbocycles. The van der Waals surface area contributed by atoms with Gasteiger partial charge in [-0.15, -0.1) is 11.3 Å². The van der Waals surface area contributed by atoms with Gasteiger partial charge in [0.1, 0.15) is 12.4 Å². The van der Waals surface area contributed by atoms with Crippen molar-refractivity contribution in [1.82, 2.24) is 9.88 Å². The second-order valence-corrected chi connectivity index (χ2v) is 12.1. The quantitative estimate of drug-likeness (QED) is 0.369. The molecule has 1 amide bonds. The summed E-state index contributed by atoms with van der Waals surface area (Å²) in [6.07, 6.45) is 5.17. The summed E-state index contributed by atoms with van der Waals surface area (Å²) in [7, 11) is 1.71. The van der Waals surface area contributed by atoms with Gasteiger partial charge < -0.3 is 19.3 Å². The number of carbonyl (C=O) groups is 1. The molecule has 3 aromatic rings. The van der Waals surface area contributed by atoms with Crippen LogP contribution >= 0.6 is 11.3 Å². The molecule has 3 aliphatic rings. The maximum absolute atomic E-state index is 13.0. The van der Waals surface area contributed by atoms with Crippen LogP contribution in [0.5, 0.6) is 5.75 Å². The first-order valence-corrected chi connectivity index (χ1v) is 14.7. The van der Waals surface area contributed by atoms with Crippen LogP contribution in [0.4, 0.5) is 5.13 Å². The summed E-state index contributed by atoms with van der Waals surface area (Å²) in [6, 6.07) is 12.2. The Labute approximate surface area is 229 Å². The highest BCUT2D eigenvalue weighted by Crippen LogP contribution is 2.40. The van der Waals surface area contributed by atoms with Crippen molar-refractivity contribution in [2.45, 2.75) is 52.2 Å². The van der Waals surface area contributed by atoms with E-state index < -0.39 is 0 Å². The first-order valence-electron chi connectivity index (χ1n) is 13.8. The van der Waals surface area contributed by atoms with Crippen LogP contribution in [0, 0.1) is 25.7 Å². The Bertz CT molecular complexity index is 1310. The normalized spacial score (nSPS) is 22.8. The Morgan fingerprint density at radius 3 is 2.61 bits per heavy atom. The number of amides is 1. The molecule has 3 heterocycles. The van der Waals surface area contributed by atoms with Crippen molar-refractivity contribution in [1.29, 1.82) is 0 Å². The van der Waals surface area contributed by atoms with E-state index in [0.717, 1.165) is 76.7 Å². The highest BCUT2D eigenvalue weighted by molar-refractivity contribution is 7.14. The van der Waals surface area contributed by atoms with Gasteiger partial charge in [0.15, 0.2) is 5.13 Å². The zero-order valence-electron chi connectivity index (χ0n) is 22.6. The fourth-order valence-electron chi connectivity index (χ4n) is 6.30. The Morgan fingerprint density at radius 2 is 1.87 bits per heavy atom. The van der Waals surface area contributed by atoms with Crippen molar-refractivity contribution >= 4 is 22.4 Å². The molecule has 1 saturated carbocycles. The zero-order chi connectivity index (χ0) is 26.2. The third-order valence-corrected chi connectivity index (χ3v) is 9.42. The van der Waals surface area contributed by atoms with Crippen molar-refractivity contribution in [2.24, 2.45) is 11.8 Å². The number of carbonyl (C=O) groups excluding carboxylic acids is 1. The number of hydrogen-bond donors (Lipinski definition) is 0. The molecule has 7 heteroatoms. The van der Waals surface area contributed by atoms with Gasteiger partial charge in [-0.3, -0.25) is 4.79 Å². The van der Waals surface area contributed by atoms with E-state index in [0.29, 0.717) is 13.2 Å². The number of nitrogens with zero attached hydrogens (tertiary/aromatic N) is 3. The Kier molecular flexibility index (Phi) is 7.14. The summed E-state index contributed by atoms with van der Waals surface area (Å²) < 4.78 is 11.8. The first-order chi connectivity index (χ1) is 18.5. The molecule has 1 unspecified atom stereocenters. The third-order valence-electron chi connectivity index (χ3n) is 8.52. The van der Waals surface area contributed by atoms with Crippen LogP contribution in [0.15, 0.2) is 41.8 Å². The Balaban J connectivity index is 1.16. The molecule has 1 aromatic heterocycles. The van der Waals surface area contributed by atoms with Gasteiger partial charge in [0.05, 0.1) is 11.8 Å². The lowest BCUT2D eigenvalue weighted by atomic mass is 9.99. The van der Waals surface area contributed by atoms with E-state index in [4.69, 9.17) is 14.5 Å². The number of aromatic nitrogens is 1. The monoisotopic (exact) mass is 531 g/mol. The molecular formula is C31H37N3O3S. The number of methoxy groups -OCH3 is 1. The molecular weight excluding hydrogens is 494 g/mol. The minimum atomic E-state index is 0.0713. The molecule has 1 aliphatic carbocycles. The summed E-state index contributed by atoms with van der Waals surface area (Å²) in [5.41, 5.74) is 6.07. The molecule has 0 radical (unpaired) electrons. The highest BCUT2D eigenvalue weighted by atomic mass is 32.1. The fraction of sp³-hybridized carbons (Fsp3) is 0.484. The minimum Gasteiger partial charge on any atom is -0.488 e. The Hall–Kier alpha value is -2.90. The lowest BCUT2D eigenvalue weighted by Crippen LogP contribution is -2.36. The van der Waals surface area contributed by atoms with E-state index in [9.17, 15) is 4.79 Å². The third kappa shape index (κ3) is 5.19. The molecule has 6 rings (SSSR count). The smallest absolute Gasteiger partial charge is 0.253 e. The number of benzene rings is 2. The number of fused-ring (bicyclic) bond motifs is 2. The second kappa shape index (κ2) is 10.7. The number of hydrogen-bond acceptors (Lipinski definition) is 6. The number of likely N-dealkylation sites (tertiary alicyclic amines) is 1. The molecule has 200 valence electrons. The molecule has 3 atom stereocenters.